The molecule has 0 aromatic carbocycles. The fraction of sp³-hybridized carbons (Fsp3) is 0.538. The fourth-order valence-electron chi connectivity index (χ4n) is 1.79. The van der Waals surface area contributed by atoms with Crippen molar-refractivity contribution in [2.75, 3.05) is 13.6 Å². The summed E-state index contributed by atoms with van der Waals surface area (Å²) in [5, 5.41) is 8.73. The van der Waals surface area contributed by atoms with Gasteiger partial charge < -0.3 is 14.4 Å². The van der Waals surface area contributed by atoms with E-state index in [2.05, 4.69) is 0 Å². The zero-order chi connectivity index (χ0) is 13.9. The van der Waals surface area contributed by atoms with Gasteiger partial charge in [-0.05, 0) is 11.5 Å². The minimum Gasteiger partial charge on any atom is -0.481 e. The predicted molar refractivity (Wildman–Crippen MR) is 66.5 cm³/mol. The molecule has 1 aromatic heterocycles. The van der Waals surface area contributed by atoms with Crippen LogP contribution >= 0.6 is 0 Å². The van der Waals surface area contributed by atoms with Crippen LogP contribution in [0, 0.1) is 5.41 Å². The van der Waals surface area contributed by atoms with E-state index >= 15 is 0 Å². The second kappa shape index (κ2) is 5.25. The lowest BCUT2D eigenvalue weighted by molar-refractivity contribution is -0.136. The Morgan fingerprint density at radius 2 is 2.00 bits per heavy atom. The second-order valence-corrected chi connectivity index (χ2v) is 5.55. The van der Waals surface area contributed by atoms with Crippen LogP contribution in [-0.4, -0.2) is 35.5 Å². The lowest BCUT2D eigenvalue weighted by atomic mass is 9.96. The summed E-state index contributed by atoms with van der Waals surface area (Å²) in [4.78, 5) is 24.4. The third-order valence-electron chi connectivity index (χ3n) is 2.35. The summed E-state index contributed by atoms with van der Waals surface area (Å²) in [5.74, 6) is -1.03. The maximum atomic E-state index is 12.2. The van der Waals surface area contributed by atoms with Crippen molar-refractivity contribution in [1.82, 2.24) is 4.90 Å². The van der Waals surface area contributed by atoms with Crippen molar-refractivity contribution < 1.29 is 19.1 Å². The van der Waals surface area contributed by atoms with Crippen molar-refractivity contribution in [3.63, 3.8) is 0 Å². The number of carboxylic acids is 1. The highest BCUT2D eigenvalue weighted by molar-refractivity contribution is 5.95. The van der Waals surface area contributed by atoms with E-state index in [1.165, 1.54) is 12.3 Å². The van der Waals surface area contributed by atoms with Crippen LogP contribution in [0.2, 0.25) is 0 Å². The molecule has 0 bridgehead atoms. The van der Waals surface area contributed by atoms with Crippen molar-refractivity contribution in [1.29, 1.82) is 0 Å². The lowest BCUT2D eigenvalue weighted by Crippen LogP contribution is -2.34. The molecular formula is C13H19NO4. The molecule has 5 heteroatoms. The van der Waals surface area contributed by atoms with E-state index in [9.17, 15) is 9.59 Å². The molecule has 0 spiro atoms. The predicted octanol–water partition coefficient (Wildman–Crippen LogP) is 2.02. The van der Waals surface area contributed by atoms with Gasteiger partial charge in [0.2, 0.25) is 0 Å². The summed E-state index contributed by atoms with van der Waals surface area (Å²) in [6.45, 7) is 6.68. The van der Waals surface area contributed by atoms with Crippen molar-refractivity contribution in [3.8, 4) is 0 Å². The highest BCUT2D eigenvalue weighted by atomic mass is 16.4. The standard InChI is InChI=1S/C13H19NO4/c1-13(2,3)8-14(4)12(17)9-5-6-18-10(9)7-11(15)16/h5-6H,7-8H2,1-4H3,(H,15,16). The number of furan rings is 1. The molecule has 0 radical (unpaired) electrons. The fourth-order valence-corrected chi connectivity index (χ4v) is 1.79. The van der Waals surface area contributed by atoms with Crippen LogP contribution < -0.4 is 0 Å². The molecule has 1 rings (SSSR count). The monoisotopic (exact) mass is 253 g/mol. The number of hydrogen-bond acceptors (Lipinski definition) is 3. The van der Waals surface area contributed by atoms with E-state index < -0.39 is 5.97 Å². The quantitative estimate of drug-likeness (QED) is 0.891. The van der Waals surface area contributed by atoms with Crippen LogP contribution in [0.15, 0.2) is 16.7 Å². The first-order valence-electron chi connectivity index (χ1n) is 5.74. The minimum atomic E-state index is -1.02. The molecule has 0 aliphatic carbocycles. The van der Waals surface area contributed by atoms with Crippen molar-refractivity contribution >= 4 is 11.9 Å². The highest BCUT2D eigenvalue weighted by Crippen LogP contribution is 2.18. The zero-order valence-electron chi connectivity index (χ0n) is 11.2. The van der Waals surface area contributed by atoms with Crippen LogP contribution in [0.25, 0.3) is 0 Å². The Morgan fingerprint density at radius 1 is 1.39 bits per heavy atom. The largest absolute Gasteiger partial charge is 0.481 e. The normalized spacial score (nSPS) is 11.3. The van der Waals surface area contributed by atoms with Gasteiger partial charge in [0, 0.05) is 13.6 Å². The van der Waals surface area contributed by atoms with Gasteiger partial charge in [-0.2, -0.15) is 0 Å². The Labute approximate surface area is 106 Å². The summed E-state index contributed by atoms with van der Waals surface area (Å²) in [7, 11) is 1.70. The molecule has 100 valence electrons. The maximum Gasteiger partial charge on any atom is 0.311 e. The van der Waals surface area contributed by atoms with Crippen LogP contribution in [0.4, 0.5) is 0 Å². The maximum absolute atomic E-state index is 12.2. The third-order valence-corrected chi connectivity index (χ3v) is 2.35. The Kier molecular flexibility index (Phi) is 4.16. The highest BCUT2D eigenvalue weighted by Gasteiger charge is 2.23. The Bertz CT molecular complexity index is 442. The number of carbonyl (C=O) groups excluding carboxylic acids is 1. The minimum absolute atomic E-state index is 0.0128. The topological polar surface area (TPSA) is 70.8 Å². The van der Waals surface area contributed by atoms with Crippen LogP contribution in [0.3, 0.4) is 0 Å². The average molecular weight is 253 g/mol. The van der Waals surface area contributed by atoms with Gasteiger partial charge in [-0.25, -0.2) is 0 Å². The molecule has 5 nitrogen and oxygen atoms in total. The Morgan fingerprint density at radius 3 is 2.50 bits per heavy atom. The van der Waals surface area contributed by atoms with Gasteiger partial charge in [-0.1, -0.05) is 20.8 Å². The smallest absolute Gasteiger partial charge is 0.311 e. The first-order valence-corrected chi connectivity index (χ1v) is 5.74. The van der Waals surface area contributed by atoms with E-state index in [1.54, 1.807) is 11.9 Å². The molecule has 0 fully saturated rings. The number of amides is 1. The van der Waals surface area contributed by atoms with Gasteiger partial charge in [0.15, 0.2) is 0 Å². The van der Waals surface area contributed by atoms with Crippen LogP contribution in [-0.2, 0) is 11.2 Å². The summed E-state index contributed by atoms with van der Waals surface area (Å²) in [6, 6.07) is 1.51. The Balaban J connectivity index is 2.84. The van der Waals surface area contributed by atoms with Gasteiger partial charge in [0.25, 0.3) is 5.91 Å². The molecule has 18 heavy (non-hydrogen) atoms. The van der Waals surface area contributed by atoms with Gasteiger partial charge in [-0.15, -0.1) is 0 Å². The Hall–Kier alpha value is -1.78. The van der Waals surface area contributed by atoms with E-state index in [0.29, 0.717) is 12.1 Å². The van der Waals surface area contributed by atoms with Gasteiger partial charge >= 0.3 is 5.97 Å². The van der Waals surface area contributed by atoms with Crippen molar-refractivity contribution in [3.05, 3.63) is 23.7 Å². The summed E-state index contributed by atoms with van der Waals surface area (Å²) >= 11 is 0. The van der Waals surface area contributed by atoms with E-state index in [1.807, 2.05) is 20.8 Å². The molecule has 0 aliphatic rings. The molecule has 1 aromatic rings. The van der Waals surface area contributed by atoms with Crippen molar-refractivity contribution in [2.45, 2.75) is 27.2 Å². The van der Waals surface area contributed by atoms with Crippen LogP contribution in [0.1, 0.15) is 36.9 Å². The average Bonchev–Trinajstić information content (AvgIpc) is 2.60. The molecule has 1 amide bonds. The molecule has 1 heterocycles. The number of aliphatic carboxylic acids is 1. The molecule has 0 saturated carbocycles. The molecule has 0 aliphatic heterocycles. The second-order valence-electron chi connectivity index (χ2n) is 5.55. The number of carbonyl (C=O) groups is 2. The summed E-state index contributed by atoms with van der Waals surface area (Å²) < 4.78 is 5.05. The summed E-state index contributed by atoms with van der Waals surface area (Å²) in [6.07, 6.45) is 1.06. The molecular weight excluding hydrogens is 234 g/mol. The zero-order valence-corrected chi connectivity index (χ0v) is 11.2. The summed E-state index contributed by atoms with van der Waals surface area (Å²) in [5.41, 5.74) is 0.310. The van der Waals surface area contributed by atoms with Crippen molar-refractivity contribution in [2.24, 2.45) is 5.41 Å². The van der Waals surface area contributed by atoms with Gasteiger partial charge in [0.05, 0.1) is 11.8 Å². The molecule has 0 saturated heterocycles. The number of nitrogens with zero attached hydrogens (tertiary/aromatic N) is 1. The van der Waals surface area contributed by atoms with Crippen LogP contribution in [0.5, 0.6) is 0 Å². The number of rotatable bonds is 4. The third kappa shape index (κ3) is 3.91. The first kappa shape index (κ1) is 14.3. The SMILES string of the molecule is CN(CC(C)(C)C)C(=O)c1ccoc1CC(=O)O. The molecule has 0 atom stereocenters. The van der Waals surface area contributed by atoms with Gasteiger partial charge in [0.1, 0.15) is 12.2 Å². The lowest BCUT2D eigenvalue weighted by Gasteiger charge is -2.26. The van der Waals surface area contributed by atoms with Gasteiger partial charge in [-0.3, -0.25) is 9.59 Å². The first-order chi connectivity index (χ1) is 8.20. The molecule has 0 unspecified atom stereocenters. The van der Waals surface area contributed by atoms with E-state index in [4.69, 9.17) is 9.52 Å². The number of carboxylic acid groups (broad SMARTS) is 1. The molecule has 1 N–H and O–H groups in total. The van der Waals surface area contributed by atoms with E-state index in [0.717, 1.165) is 0 Å². The number of hydrogen-bond donors (Lipinski definition) is 1. The van der Waals surface area contributed by atoms with E-state index in [-0.39, 0.29) is 23.5 Å².